The van der Waals surface area contributed by atoms with Gasteiger partial charge >= 0.3 is 0 Å². The number of hydrogen-bond acceptors (Lipinski definition) is 7. The molecule has 0 aliphatic carbocycles. The van der Waals surface area contributed by atoms with Crippen LogP contribution in [0.5, 0.6) is 5.75 Å². The summed E-state index contributed by atoms with van der Waals surface area (Å²) in [4.78, 5) is 11.4. The summed E-state index contributed by atoms with van der Waals surface area (Å²) in [6.07, 6.45) is 0.628. The number of para-hydroxylation sites is 2. The SMILES string of the molecule is COc1ccc(C2=NOC3(c4ccccc4)CC(c4c(C)nn(-c5ccccc5)c4Sc4ccccc4)Sc4ccccc4N23)cc1. The molecule has 0 radical (unpaired) electrons. The number of amidine groups is 1. The summed E-state index contributed by atoms with van der Waals surface area (Å²) >= 11 is 3.62. The van der Waals surface area contributed by atoms with Crippen molar-refractivity contribution in [1.82, 2.24) is 9.78 Å². The minimum absolute atomic E-state index is 0.0181. The van der Waals surface area contributed by atoms with Gasteiger partial charge in [0.15, 0.2) is 5.84 Å². The molecule has 6 nitrogen and oxygen atoms in total. The molecule has 0 saturated carbocycles. The molecule has 0 N–H and O–H groups in total. The number of anilines is 1. The van der Waals surface area contributed by atoms with Crippen LogP contribution in [-0.4, -0.2) is 22.7 Å². The summed E-state index contributed by atoms with van der Waals surface area (Å²) in [5.41, 5.74) is 5.36. The Morgan fingerprint density at radius 2 is 1.47 bits per heavy atom. The second-order valence-electron chi connectivity index (χ2n) is 11.5. The van der Waals surface area contributed by atoms with Crippen LogP contribution in [0, 0.1) is 6.92 Å². The quantitative estimate of drug-likeness (QED) is 0.171. The fourth-order valence-electron chi connectivity index (χ4n) is 6.41. The monoisotopic (exact) mass is 652 g/mol. The molecule has 8 heteroatoms. The molecule has 0 bridgehead atoms. The van der Waals surface area contributed by atoms with E-state index in [1.807, 2.05) is 48.2 Å². The van der Waals surface area contributed by atoms with Gasteiger partial charge in [-0.3, -0.25) is 4.90 Å². The molecule has 8 rings (SSSR count). The van der Waals surface area contributed by atoms with Crippen molar-refractivity contribution in [3.63, 3.8) is 0 Å². The average Bonchev–Trinajstić information content (AvgIpc) is 3.62. The van der Waals surface area contributed by atoms with Crippen molar-refractivity contribution in [2.75, 3.05) is 12.0 Å². The molecule has 0 fully saturated rings. The molecule has 1 aromatic heterocycles. The number of methoxy groups -OCH3 is 1. The molecule has 0 spiro atoms. The molecular formula is C39H32N4O2S2. The molecule has 6 aromatic rings. The van der Waals surface area contributed by atoms with Crippen molar-refractivity contribution < 1.29 is 9.57 Å². The largest absolute Gasteiger partial charge is 0.497 e. The van der Waals surface area contributed by atoms with E-state index in [1.54, 1.807) is 18.9 Å². The number of nitrogens with zero attached hydrogens (tertiary/aromatic N) is 4. The Morgan fingerprint density at radius 3 is 2.19 bits per heavy atom. The predicted octanol–water partition coefficient (Wildman–Crippen LogP) is 9.63. The number of thioether (sulfide) groups is 1. The van der Waals surface area contributed by atoms with Crippen molar-refractivity contribution in [3.8, 4) is 11.4 Å². The van der Waals surface area contributed by atoms with E-state index in [9.17, 15) is 0 Å². The molecule has 232 valence electrons. The third-order valence-corrected chi connectivity index (χ3v) is 11.0. The van der Waals surface area contributed by atoms with Crippen LogP contribution >= 0.6 is 23.5 Å². The van der Waals surface area contributed by atoms with Gasteiger partial charge in [-0.25, -0.2) is 4.68 Å². The number of ether oxygens (including phenoxy) is 1. The standard InChI is InChI=1S/C39H32N4O2S2/c1-27-36(38(46-32-18-10-5-11-19-32)43(40-27)30-16-8-4-9-17-30)35-26-39(29-14-6-3-7-15-29)42(33-20-12-13-21-34(33)47-35)37(41-45-39)28-22-24-31(44-2)25-23-28/h3-25,35H,26H2,1-2H3. The molecular weight excluding hydrogens is 621 g/mol. The van der Waals surface area contributed by atoms with Crippen molar-refractivity contribution >= 4 is 35.0 Å². The van der Waals surface area contributed by atoms with Gasteiger partial charge in [0.1, 0.15) is 10.8 Å². The summed E-state index contributed by atoms with van der Waals surface area (Å²) in [7, 11) is 1.68. The number of benzene rings is 5. The second kappa shape index (κ2) is 12.4. The van der Waals surface area contributed by atoms with Crippen LogP contribution < -0.4 is 9.64 Å². The van der Waals surface area contributed by atoms with Gasteiger partial charge in [0, 0.05) is 38.2 Å². The summed E-state index contributed by atoms with van der Waals surface area (Å²) in [5.74, 6) is 1.56. The van der Waals surface area contributed by atoms with Crippen LogP contribution in [0.15, 0.2) is 159 Å². The smallest absolute Gasteiger partial charge is 0.242 e. The highest BCUT2D eigenvalue weighted by atomic mass is 32.2. The van der Waals surface area contributed by atoms with Gasteiger partial charge in [0.25, 0.3) is 0 Å². The van der Waals surface area contributed by atoms with E-state index in [0.717, 1.165) is 54.6 Å². The third kappa shape index (κ3) is 5.27. The average molecular weight is 653 g/mol. The van der Waals surface area contributed by atoms with Crippen molar-refractivity contribution in [3.05, 3.63) is 162 Å². The van der Waals surface area contributed by atoms with Gasteiger partial charge in [-0.05, 0) is 67.6 Å². The van der Waals surface area contributed by atoms with Gasteiger partial charge < -0.3 is 9.57 Å². The van der Waals surface area contributed by atoms with Gasteiger partial charge in [-0.2, -0.15) is 5.10 Å². The number of fused-ring (bicyclic) bond motifs is 3. The summed E-state index contributed by atoms with van der Waals surface area (Å²) in [6, 6.07) is 48.0. The predicted molar refractivity (Wildman–Crippen MR) is 190 cm³/mol. The van der Waals surface area contributed by atoms with E-state index in [4.69, 9.17) is 19.8 Å². The topological polar surface area (TPSA) is 51.9 Å². The maximum absolute atomic E-state index is 6.77. The van der Waals surface area contributed by atoms with E-state index in [-0.39, 0.29) is 5.25 Å². The Bertz CT molecular complexity index is 2050. The minimum atomic E-state index is -0.906. The number of oxime groups is 1. The first-order valence-corrected chi connectivity index (χ1v) is 17.2. The van der Waals surface area contributed by atoms with E-state index < -0.39 is 5.72 Å². The van der Waals surface area contributed by atoms with E-state index in [0.29, 0.717) is 6.42 Å². The van der Waals surface area contributed by atoms with Gasteiger partial charge in [-0.15, -0.1) is 11.8 Å². The highest BCUT2D eigenvalue weighted by molar-refractivity contribution is 8.00. The normalized spacial score (nSPS) is 18.5. The number of hydrogen-bond donors (Lipinski definition) is 0. The molecule has 0 amide bonds. The maximum atomic E-state index is 6.77. The molecule has 3 heterocycles. The van der Waals surface area contributed by atoms with Gasteiger partial charge in [0.05, 0.1) is 24.2 Å². The molecule has 47 heavy (non-hydrogen) atoms. The molecule has 5 aromatic carbocycles. The third-order valence-electron chi connectivity index (χ3n) is 8.61. The summed E-state index contributed by atoms with van der Waals surface area (Å²) < 4.78 is 7.57. The molecule has 0 saturated heterocycles. The van der Waals surface area contributed by atoms with Crippen molar-refractivity contribution in [2.45, 2.75) is 39.1 Å². The fraction of sp³-hybridized carbons (Fsp3) is 0.128. The molecule has 2 aliphatic heterocycles. The zero-order chi connectivity index (χ0) is 31.8. The number of aromatic nitrogens is 2. The maximum Gasteiger partial charge on any atom is 0.242 e. The molecule has 2 atom stereocenters. The Hall–Kier alpha value is -4.92. The van der Waals surface area contributed by atoms with Gasteiger partial charge in [0.2, 0.25) is 5.72 Å². The highest BCUT2D eigenvalue weighted by Gasteiger charge is 2.53. The van der Waals surface area contributed by atoms with Crippen LogP contribution in [-0.2, 0) is 10.6 Å². The van der Waals surface area contributed by atoms with Crippen molar-refractivity contribution in [1.29, 1.82) is 0 Å². The van der Waals surface area contributed by atoms with Crippen LogP contribution in [0.2, 0.25) is 0 Å². The lowest BCUT2D eigenvalue weighted by molar-refractivity contribution is -0.0284. The Kier molecular flexibility index (Phi) is 7.75. The van der Waals surface area contributed by atoms with Crippen LogP contribution in [0.4, 0.5) is 5.69 Å². The lowest BCUT2D eigenvalue weighted by Crippen LogP contribution is -2.47. The van der Waals surface area contributed by atoms with Gasteiger partial charge in [-0.1, -0.05) is 95.8 Å². The Morgan fingerprint density at radius 1 is 0.809 bits per heavy atom. The van der Waals surface area contributed by atoms with E-state index >= 15 is 0 Å². The fourth-order valence-corrected chi connectivity index (χ4v) is 9.09. The van der Waals surface area contributed by atoms with Crippen LogP contribution in [0.1, 0.15) is 34.1 Å². The first-order chi connectivity index (χ1) is 23.1. The zero-order valence-electron chi connectivity index (χ0n) is 26.0. The first-order valence-electron chi connectivity index (χ1n) is 15.5. The lowest BCUT2D eigenvalue weighted by Gasteiger charge is -2.37. The number of rotatable bonds is 7. The first kappa shape index (κ1) is 29.5. The highest BCUT2D eigenvalue weighted by Crippen LogP contribution is 2.58. The molecule has 2 unspecified atom stereocenters. The van der Waals surface area contributed by atoms with E-state index in [1.165, 1.54) is 5.56 Å². The Labute approximate surface area is 283 Å². The second-order valence-corrected chi connectivity index (χ2v) is 13.8. The number of aryl methyl sites for hydroxylation is 1. The van der Waals surface area contributed by atoms with Crippen LogP contribution in [0.3, 0.4) is 0 Å². The minimum Gasteiger partial charge on any atom is -0.497 e. The summed E-state index contributed by atoms with van der Waals surface area (Å²) in [5, 5.41) is 11.1. The lowest BCUT2D eigenvalue weighted by atomic mass is 9.92. The van der Waals surface area contributed by atoms with Crippen LogP contribution in [0.25, 0.3) is 5.69 Å². The molecule has 2 aliphatic rings. The Balaban J connectivity index is 1.32. The van der Waals surface area contributed by atoms with Crippen molar-refractivity contribution in [2.24, 2.45) is 5.16 Å². The summed E-state index contributed by atoms with van der Waals surface area (Å²) in [6.45, 7) is 2.13. The van der Waals surface area contributed by atoms with E-state index in [2.05, 4.69) is 120 Å². The zero-order valence-corrected chi connectivity index (χ0v) is 27.6.